The van der Waals surface area contributed by atoms with Gasteiger partial charge < -0.3 is 10.2 Å². The largest absolute Gasteiger partial charge is 0.373 e. The molecule has 0 saturated heterocycles. The molecule has 0 fully saturated rings. The Bertz CT molecular complexity index is 336. The topological polar surface area (TPSA) is 41.1 Å². The van der Waals surface area contributed by atoms with E-state index in [0.29, 0.717) is 6.04 Å². The molecule has 90 valence electrons. The van der Waals surface area contributed by atoms with Crippen molar-refractivity contribution in [2.75, 3.05) is 23.8 Å². The summed E-state index contributed by atoms with van der Waals surface area (Å²) in [4.78, 5) is 11.0. The lowest BCUT2D eigenvalue weighted by molar-refractivity contribution is 0.687. The van der Waals surface area contributed by atoms with Crippen LogP contribution in [0.4, 0.5) is 11.6 Å². The lowest BCUT2D eigenvalue weighted by Crippen LogP contribution is -2.32. The fraction of sp³-hybridized carbons (Fsp3) is 0.667. The van der Waals surface area contributed by atoms with E-state index in [0.717, 1.165) is 24.6 Å². The van der Waals surface area contributed by atoms with Gasteiger partial charge in [0.25, 0.3) is 0 Å². The molecular formula is C12H22N4. The van der Waals surface area contributed by atoms with E-state index in [4.69, 9.17) is 0 Å². The summed E-state index contributed by atoms with van der Waals surface area (Å²) in [6.45, 7) is 9.62. The Balaban J connectivity index is 3.20. The molecule has 1 heterocycles. The van der Waals surface area contributed by atoms with Crippen molar-refractivity contribution in [3.05, 3.63) is 11.9 Å². The highest BCUT2D eigenvalue weighted by Crippen LogP contribution is 2.24. The van der Waals surface area contributed by atoms with Gasteiger partial charge in [-0.05, 0) is 27.2 Å². The Labute approximate surface area is 98.1 Å². The Morgan fingerprint density at radius 3 is 2.44 bits per heavy atom. The van der Waals surface area contributed by atoms with Crippen LogP contribution in [0.5, 0.6) is 0 Å². The Hall–Kier alpha value is -1.32. The molecule has 0 bridgehead atoms. The molecule has 0 aliphatic carbocycles. The second-order valence-corrected chi connectivity index (χ2v) is 4.01. The molecule has 0 amide bonds. The average molecular weight is 222 g/mol. The summed E-state index contributed by atoms with van der Waals surface area (Å²) in [6, 6.07) is 0.454. The first-order valence-electron chi connectivity index (χ1n) is 5.93. The van der Waals surface area contributed by atoms with Crippen LogP contribution < -0.4 is 10.2 Å². The first-order chi connectivity index (χ1) is 7.65. The third-order valence-corrected chi connectivity index (χ3v) is 2.75. The molecule has 0 unspecified atom stereocenters. The number of anilines is 2. The minimum Gasteiger partial charge on any atom is -0.373 e. The molecule has 0 aliphatic heterocycles. The Kier molecular flexibility index (Phi) is 4.52. The highest BCUT2D eigenvalue weighted by molar-refractivity contribution is 5.58. The van der Waals surface area contributed by atoms with E-state index in [1.165, 1.54) is 5.56 Å². The van der Waals surface area contributed by atoms with Crippen LogP contribution in [0.25, 0.3) is 0 Å². The number of rotatable bonds is 5. The summed E-state index contributed by atoms with van der Waals surface area (Å²) in [6.07, 6.45) is 2.57. The predicted octanol–water partition coefficient (Wildman–Crippen LogP) is 2.32. The zero-order valence-electron chi connectivity index (χ0n) is 10.9. The smallest absolute Gasteiger partial charge is 0.137 e. The molecule has 1 N–H and O–H groups in total. The molecule has 1 rings (SSSR count). The predicted molar refractivity (Wildman–Crippen MR) is 69.1 cm³/mol. The van der Waals surface area contributed by atoms with Gasteiger partial charge in [0.15, 0.2) is 0 Å². The first kappa shape index (κ1) is 12.7. The quantitative estimate of drug-likeness (QED) is 0.830. The molecule has 0 radical (unpaired) electrons. The van der Waals surface area contributed by atoms with Gasteiger partial charge in [-0.15, -0.1) is 0 Å². The van der Waals surface area contributed by atoms with Gasteiger partial charge in [0, 0.05) is 25.2 Å². The Morgan fingerprint density at radius 2 is 2.00 bits per heavy atom. The van der Waals surface area contributed by atoms with E-state index < -0.39 is 0 Å². The number of nitrogens with zero attached hydrogens (tertiary/aromatic N) is 3. The number of aromatic nitrogens is 2. The summed E-state index contributed by atoms with van der Waals surface area (Å²) in [5.74, 6) is 1.99. The van der Waals surface area contributed by atoms with Crippen LogP contribution in [0.15, 0.2) is 6.33 Å². The zero-order chi connectivity index (χ0) is 12.1. The van der Waals surface area contributed by atoms with Crippen molar-refractivity contribution in [1.29, 1.82) is 0 Å². The van der Waals surface area contributed by atoms with Crippen molar-refractivity contribution in [2.24, 2.45) is 0 Å². The second kappa shape index (κ2) is 5.68. The van der Waals surface area contributed by atoms with Crippen molar-refractivity contribution < 1.29 is 0 Å². The summed E-state index contributed by atoms with van der Waals surface area (Å²) in [5, 5.41) is 3.13. The number of hydrogen-bond donors (Lipinski definition) is 1. The van der Waals surface area contributed by atoms with E-state index in [2.05, 4.69) is 47.9 Å². The molecule has 0 atom stereocenters. The van der Waals surface area contributed by atoms with Crippen LogP contribution >= 0.6 is 0 Å². The Morgan fingerprint density at radius 1 is 1.31 bits per heavy atom. The fourth-order valence-corrected chi connectivity index (χ4v) is 1.95. The lowest BCUT2D eigenvalue weighted by atomic mass is 10.2. The van der Waals surface area contributed by atoms with Gasteiger partial charge in [-0.2, -0.15) is 0 Å². The third-order valence-electron chi connectivity index (χ3n) is 2.75. The summed E-state index contributed by atoms with van der Waals surface area (Å²) < 4.78 is 0. The van der Waals surface area contributed by atoms with Gasteiger partial charge in [0.05, 0.1) is 0 Å². The lowest BCUT2D eigenvalue weighted by Gasteiger charge is -2.28. The minimum absolute atomic E-state index is 0.454. The normalized spacial score (nSPS) is 10.6. The molecule has 0 spiro atoms. The molecule has 4 nitrogen and oxygen atoms in total. The fourth-order valence-electron chi connectivity index (χ4n) is 1.95. The summed E-state index contributed by atoms with van der Waals surface area (Å²) >= 11 is 0. The van der Waals surface area contributed by atoms with Gasteiger partial charge in [0.2, 0.25) is 0 Å². The zero-order valence-corrected chi connectivity index (χ0v) is 10.9. The standard InChI is InChI=1S/C12H22N4/c1-6-10-11(13-5)14-8-15-12(10)16(7-2)9(3)4/h8-9H,6-7H2,1-5H3,(H,13,14,15). The average Bonchev–Trinajstić information content (AvgIpc) is 2.29. The van der Waals surface area contributed by atoms with Crippen molar-refractivity contribution in [1.82, 2.24) is 9.97 Å². The van der Waals surface area contributed by atoms with Gasteiger partial charge in [-0.25, -0.2) is 9.97 Å². The maximum atomic E-state index is 4.43. The van der Waals surface area contributed by atoms with Gasteiger partial charge in [0.1, 0.15) is 18.0 Å². The van der Waals surface area contributed by atoms with Crippen molar-refractivity contribution in [2.45, 2.75) is 40.2 Å². The van der Waals surface area contributed by atoms with Crippen LogP contribution in [0.1, 0.15) is 33.3 Å². The molecular weight excluding hydrogens is 200 g/mol. The van der Waals surface area contributed by atoms with Gasteiger partial charge in [-0.3, -0.25) is 0 Å². The van der Waals surface area contributed by atoms with E-state index in [1.54, 1.807) is 6.33 Å². The SMILES string of the molecule is CCc1c(NC)ncnc1N(CC)C(C)C. The van der Waals surface area contributed by atoms with Crippen molar-refractivity contribution in [3.63, 3.8) is 0 Å². The molecule has 16 heavy (non-hydrogen) atoms. The van der Waals surface area contributed by atoms with E-state index in [1.807, 2.05) is 7.05 Å². The van der Waals surface area contributed by atoms with Gasteiger partial charge >= 0.3 is 0 Å². The van der Waals surface area contributed by atoms with Crippen LogP contribution in [0.2, 0.25) is 0 Å². The first-order valence-corrected chi connectivity index (χ1v) is 5.93. The monoisotopic (exact) mass is 222 g/mol. The van der Waals surface area contributed by atoms with Crippen LogP contribution in [-0.2, 0) is 6.42 Å². The van der Waals surface area contributed by atoms with Crippen molar-refractivity contribution >= 4 is 11.6 Å². The molecule has 0 aliphatic rings. The molecule has 1 aromatic rings. The van der Waals surface area contributed by atoms with E-state index in [-0.39, 0.29) is 0 Å². The highest BCUT2D eigenvalue weighted by atomic mass is 15.2. The molecule has 1 aromatic heterocycles. The third kappa shape index (κ3) is 2.43. The second-order valence-electron chi connectivity index (χ2n) is 4.01. The van der Waals surface area contributed by atoms with Gasteiger partial charge in [-0.1, -0.05) is 6.92 Å². The summed E-state index contributed by atoms with van der Waals surface area (Å²) in [5.41, 5.74) is 1.19. The van der Waals surface area contributed by atoms with Crippen molar-refractivity contribution in [3.8, 4) is 0 Å². The minimum atomic E-state index is 0.454. The van der Waals surface area contributed by atoms with Crippen LogP contribution in [-0.4, -0.2) is 29.6 Å². The molecule has 4 heteroatoms. The number of hydrogen-bond acceptors (Lipinski definition) is 4. The summed E-state index contributed by atoms with van der Waals surface area (Å²) in [7, 11) is 1.90. The van der Waals surface area contributed by atoms with E-state index >= 15 is 0 Å². The van der Waals surface area contributed by atoms with Crippen LogP contribution in [0.3, 0.4) is 0 Å². The maximum Gasteiger partial charge on any atom is 0.137 e. The molecule has 0 saturated carbocycles. The maximum absolute atomic E-state index is 4.43. The van der Waals surface area contributed by atoms with E-state index in [9.17, 15) is 0 Å². The van der Waals surface area contributed by atoms with Crippen LogP contribution in [0, 0.1) is 0 Å². The molecule has 0 aromatic carbocycles. The highest BCUT2D eigenvalue weighted by Gasteiger charge is 2.16. The number of nitrogens with one attached hydrogen (secondary N) is 1.